The van der Waals surface area contributed by atoms with E-state index in [-0.39, 0.29) is 0 Å². The van der Waals surface area contributed by atoms with Crippen LogP contribution < -0.4 is 15.4 Å². The Kier molecular flexibility index (Phi) is 6.34. The number of ether oxygens (including phenoxy) is 2. The molecule has 1 aromatic rings. The van der Waals surface area contributed by atoms with Gasteiger partial charge in [-0.2, -0.15) is 0 Å². The predicted octanol–water partition coefficient (Wildman–Crippen LogP) is 1.93. The fraction of sp³-hybridized carbons (Fsp3) is 0.562. The number of benzene rings is 1. The molecule has 2 N–H and O–H groups in total. The molecule has 1 fully saturated rings. The molecule has 0 unspecified atom stereocenters. The lowest BCUT2D eigenvalue weighted by atomic mass is 10.2. The number of hydrogen-bond acceptors (Lipinski definition) is 3. The minimum Gasteiger partial charge on any atom is -0.494 e. The van der Waals surface area contributed by atoms with E-state index in [1.54, 1.807) is 7.11 Å². The zero-order valence-electron chi connectivity index (χ0n) is 12.9. The van der Waals surface area contributed by atoms with E-state index >= 15 is 0 Å². The zero-order valence-corrected chi connectivity index (χ0v) is 12.9. The molecule has 0 aliphatic heterocycles. The maximum Gasteiger partial charge on any atom is 0.191 e. The van der Waals surface area contributed by atoms with Gasteiger partial charge >= 0.3 is 0 Å². The van der Waals surface area contributed by atoms with Crippen LogP contribution in [0.3, 0.4) is 0 Å². The van der Waals surface area contributed by atoms with Crippen LogP contribution in [0, 0.1) is 0 Å². The number of methoxy groups -OCH3 is 1. The number of nitrogens with zero attached hydrogens (tertiary/aromatic N) is 1. The van der Waals surface area contributed by atoms with Gasteiger partial charge in [0.05, 0.1) is 19.8 Å². The van der Waals surface area contributed by atoms with Crippen LogP contribution in [0.15, 0.2) is 29.3 Å². The molecule has 0 heterocycles. The second-order valence-electron chi connectivity index (χ2n) is 5.08. The van der Waals surface area contributed by atoms with Crippen molar-refractivity contribution in [3.63, 3.8) is 0 Å². The number of hydrogen-bond donors (Lipinski definition) is 2. The minimum absolute atomic E-state index is 0.583. The maximum atomic E-state index is 5.44. The predicted molar refractivity (Wildman–Crippen MR) is 84.8 cm³/mol. The molecular formula is C16H25N3O2. The van der Waals surface area contributed by atoms with Gasteiger partial charge in [-0.1, -0.05) is 12.1 Å². The Hall–Kier alpha value is -1.75. The van der Waals surface area contributed by atoms with Gasteiger partial charge in [-0.3, -0.25) is 0 Å². The third kappa shape index (κ3) is 6.04. The lowest BCUT2D eigenvalue weighted by Gasteiger charge is -2.11. The normalized spacial score (nSPS) is 14.9. The van der Waals surface area contributed by atoms with E-state index in [4.69, 9.17) is 9.47 Å². The van der Waals surface area contributed by atoms with Crippen LogP contribution in [0.25, 0.3) is 0 Å². The molecule has 21 heavy (non-hydrogen) atoms. The van der Waals surface area contributed by atoms with Crippen molar-refractivity contribution in [3.05, 3.63) is 29.8 Å². The third-order valence-electron chi connectivity index (χ3n) is 3.17. The van der Waals surface area contributed by atoms with E-state index in [0.29, 0.717) is 25.8 Å². The summed E-state index contributed by atoms with van der Waals surface area (Å²) >= 11 is 0. The van der Waals surface area contributed by atoms with Crippen molar-refractivity contribution in [1.82, 2.24) is 10.6 Å². The Morgan fingerprint density at radius 1 is 1.29 bits per heavy atom. The summed E-state index contributed by atoms with van der Waals surface area (Å²) < 4.78 is 10.5. The van der Waals surface area contributed by atoms with Crippen molar-refractivity contribution in [2.75, 3.05) is 26.9 Å². The topological polar surface area (TPSA) is 54.9 Å². The van der Waals surface area contributed by atoms with E-state index in [2.05, 4.69) is 27.8 Å². The lowest BCUT2D eigenvalue weighted by Crippen LogP contribution is -2.40. The summed E-state index contributed by atoms with van der Waals surface area (Å²) in [6.07, 6.45) is 2.46. The quantitative estimate of drug-likeness (QED) is 0.436. The van der Waals surface area contributed by atoms with Gasteiger partial charge in [0.15, 0.2) is 5.96 Å². The highest BCUT2D eigenvalue weighted by Gasteiger charge is 2.22. The summed E-state index contributed by atoms with van der Waals surface area (Å²) in [5.74, 6) is 1.77. The SMILES string of the molecule is CCOc1ccc(CN=C(NCCOC)NC2CC2)cc1. The first kappa shape index (κ1) is 15.6. The van der Waals surface area contributed by atoms with Crippen molar-refractivity contribution in [1.29, 1.82) is 0 Å². The molecule has 1 aliphatic carbocycles. The van der Waals surface area contributed by atoms with Gasteiger partial charge in [-0.15, -0.1) is 0 Å². The average Bonchev–Trinajstić information content (AvgIpc) is 3.31. The molecule has 1 saturated carbocycles. The Morgan fingerprint density at radius 2 is 2.05 bits per heavy atom. The van der Waals surface area contributed by atoms with Crippen LogP contribution in [-0.4, -0.2) is 38.9 Å². The fourth-order valence-corrected chi connectivity index (χ4v) is 1.87. The number of aliphatic imine (C=N–C) groups is 1. The van der Waals surface area contributed by atoms with Gasteiger partial charge in [0.25, 0.3) is 0 Å². The summed E-state index contributed by atoms with van der Waals surface area (Å²) in [5.41, 5.74) is 1.17. The summed E-state index contributed by atoms with van der Waals surface area (Å²) in [7, 11) is 1.70. The standard InChI is InChI=1S/C16H25N3O2/c1-3-21-15-8-4-13(5-9-15)12-18-16(17-10-11-20-2)19-14-6-7-14/h4-5,8-9,14H,3,6-7,10-12H2,1-2H3,(H2,17,18,19). The van der Waals surface area contributed by atoms with E-state index in [1.807, 2.05) is 19.1 Å². The summed E-state index contributed by atoms with van der Waals surface area (Å²) in [5, 5.41) is 6.69. The molecule has 0 amide bonds. The van der Waals surface area contributed by atoms with Crippen molar-refractivity contribution in [2.24, 2.45) is 4.99 Å². The monoisotopic (exact) mass is 291 g/mol. The van der Waals surface area contributed by atoms with Crippen LogP contribution in [-0.2, 0) is 11.3 Å². The summed E-state index contributed by atoms with van der Waals surface area (Å²) in [4.78, 5) is 4.62. The van der Waals surface area contributed by atoms with Crippen LogP contribution in [0.5, 0.6) is 5.75 Å². The molecule has 0 spiro atoms. The van der Waals surface area contributed by atoms with E-state index in [9.17, 15) is 0 Å². The van der Waals surface area contributed by atoms with Crippen LogP contribution in [0.2, 0.25) is 0 Å². The fourth-order valence-electron chi connectivity index (χ4n) is 1.87. The highest BCUT2D eigenvalue weighted by molar-refractivity contribution is 5.80. The smallest absolute Gasteiger partial charge is 0.191 e. The summed E-state index contributed by atoms with van der Waals surface area (Å²) in [6, 6.07) is 8.66. The zero-order chi connectivity index (χ0) is 14.9. The Labute approximate surface area is 126 Å². The first-order valence-electron chi connectivity index (χ1n) is 7.57. The highest BCUT2D eigenvalue weighted by Crippen LogP contribution is 2.18. The molecule has 5 heteroatoms. The lowest BCUT2D eigenvalue weighted by molar-refractivity contribution is 0.203. The molecule has 2 rings (SSSR count). The molecule has 0 aromatic heterocycles. The van der Waals surface area contributed by atoms with Gasteiger partial charge in [0.2, 0.25) is 0 Å². The maximum absolute atomic E-state index is 5.44. The molecule has 116 valence electrons. The first-order chi connectivity index (χ1) is 10.3. The second kappa shape index (κ2) is 8.52. The molecule has 0 bridgehead atoms. The van der Waals surface area contributed by atoms with E-state index < -0.39 is 0 Å². The highest BCUT2D eigenvalue weighted by atomic mass is 16.5. The Bertz CT molecular complexity index is 441. The molecule has 1 aromatic carbocycles. The minimum atomic E-state index is 0.583. The molecule has 0 atom stereocenters. The molecule has 0 saturated heterocycles. The molecule has 1 aliphatic rings. The Balaban J connectivity index is 1.87. The van der Waals surface area contributed by atoms with Gasteiger partial charge in [0.1, 0.15) is 5.75 Å². The number of nitrogens with one attached hydrogen (secondary N) is 2. The average molecular weight is 291 g/mol. The van der Waals surface area contributed by atoms with E-state index in [0.717, 1.165) is 18.3 Å². The van der Waals surface area contributed by atoms with Gasteiger partial charge < -0.3 is 20.1 Å². The van der Waals surface area contributed by atoms with Gasteiger partial charge in [0, 0.05) is 19.7 Å². The van der Waals surface area contributed by atoms with E-state index in [1.165, 1.54) is 18.4 Å². The first-order valence-corrected chi connectivity index (χ1v) is 7.57. The van der Waals surface area contributed by atoms with Crippen molar-refractivity contribution in [3.8, 4) is 5.75 Å². The van der Waals surface area contributed by atoms with Crippen LogP contribution >= 0.6 is 0 Å². The number of guanidine groups is 1. The van der Waals surface area contributed by atoms with Crippen molar-refractivity contribution in [2.45, 2.75) is 32.4 Å². The molecular weight excluding hydrogens is 266 g/mol. The molecule has 5 nitrogen and oxygen atoms in total. The largest absolute Gasteiger partial charge is 0.494 e. The van der Waals surface area contributed by atoms with Crippen LogP contribution in [0.4, 0.5) is 0 Å². The van der Waals surface area contributed by atoms with Crippen molar-refractivity contribution >= 4 is 5.96 Å². The molecule has 0 radical (unpaired) electrons. The van der Waals surface area contributed by atoms with Gasteiger partial charge in [-0.25, -0.2) is 4.99 Å². The Morgan fingerprint density at radius 3 is 2.67 bits per heavy atom. The third-order valence-corrected chi connectivity index (χ3v) is 3.17. The van der Waals surface area contributed by atoms with Crippen LogP contribution in [0.1, 0.15) is 25.3 Å². The number of rotatable bonds is 8. The summed E-state index contributed by atoms with van der Waals surface area (Å²) in [6.45, 7) is 4.77. The van der Waals surface area contributed by atoms with Crippen molar-refractivity contribution < 1.29 is 9.47 Å². The van der Waals surface area contributed by atoms with Gasteiger partial charge in [-0.05, 0) is 37.5 Å². The second-order valence-corrected chi connectivity index (χ2v) is 5.08.